The summed E-state index contributed by atoms with van der Waals surface area (Å²) in [5.41, 5.74) is 0.594. The summed E-state index contributed by atoms with van der Waals surface area (Å²) in [6, 6.07) is 2.13. The lowest BCUT2D eigenvalue weighted by molar-refractivity contribution is 0.0169. The van der Waals surface area contributed by atoms with Crippen LogP contribution in [0.15, 0.2) is 10.6 Å². The molecule has 0 radical (unpaired) electrons. The van der Waals surface area contributed by atoms with Gasteiger partial charge in [-0.05, 0) is 46.5 Å². The molecule has 22 heavy (non-hydrogen) atoms. The average molecular weight is 306 g/mol. The predicted molar refractivity (Wildman–Crippen MR) is 82.9 cm³/mol. The Kier molecular flexibility index (Phi) is 3.69. The van der Waals surface area contributed by atoms with E-state index in [0.29, 0.717) is 19.0 Å². The normalized spacial score (nSPS) is 21.7. The van der Waals surface area contributed by atoms with E-state index in [1.54, 1.807) is 4.90 Å². The first kappa shape index (κ1) is 15.4. The number of rotatable bonds is 2. The van der Waals surface area contributed by atoms with Crippen molar-refractivity contribution in [3.8, 4) is 0 Å². The molecule has 122 valence electrons. The van der Waals surface area contributed by atoms with Gasteiger partial charge in [-0.1, -0.05) is 12.1 Å². The summed E-state index contributed by atoms with van der Waals surface area (Å²) in [6.45, 7) is 9.32. The highest BCUT2D eigenvalue weighted by atomic mass is 16.6. The molecule has 5 nitrogen and oxygen atoms in total. The van der Waals surface area contributed by atoms with Gasteiger partial charge in [0.2, 0.25) is 0 Å². The van der Waals surface area contributed by atoms with Gasteiger partial charge in [0.25, 0.3) is 0 Å². The number of amides is 1. The van der Waals surface area contributed by atoms with Crippen molar-refractivity contribution in [1.29, 1.82) is 0 Å². The highest BCUT2D eigenvalue weighted by molar-refractivity contribution is 5.68. The Morgan fingerprint density at radius 3 is 2.55 bits per heavy atom. The second-order valence-electron chi connectivity index (χ2n) is 7.92. The number of hydrogen-bond donors (Lipinski definition) is 0. The molecule has 1 aromatic rings. The molecule has 1 saturated heterocycles. The van der Waals surface area contributed by atoms with Crippen LogP contribution in [0.2, 0.25) is 0 Å². The molecule has 1 amide bonds. The van der Waals surface area contributed by atoms with Crippen LogP contribution >= 0.6 is 0 Å². The third-order valence-electron chi connectivity index (χ3n) is 4.65. The van der Waals surface area contributed by atoms with E-state index >= 15 is 0 Å². The first-order valence-electron chi connectivity index (χ1n) is 8.22. The maximum atomic E-state index is 12.1. The van der Waals surface area contributed by atoms with E-state index in [1.807, 2.05) is 20.8 Å². The van der Waals surface area contributed by atoms with E-state index in [9.17, 15) is 4.79 Å². The minimum Gasteiger partial charge on any atom is -0.444 e. The Hall–Kier alpha value is -1.52. The van der Waals surface area contributed by atoms with Gasteiger partial charge in [-0.3, -0.25) is 0 Å². The zero-order valence-electron chi connectivity index (χ0n) is 14.0. The summed E-state index contributed by atoms with van der Waals surface area (Å²) in [5, 5.41) is 4.29. The van der Waals surface area contributed by atoms with Crippen LogP contribution in [0.4, 0.5) is 4.79 Å². The van der Waals surface area contributed by atoms with Crippen LogP contribution in [-0.2, 0) is 10.2 Å². The lowest BCUT2D eigenvalue weighted by Gasteiger charge is -2.38. The molecule has 0 unspecified atom stereocenters. The van der Waals surface area contributed by atoms with E-state index in [2.05, 4.69) is 18.1 Å². The Labute approximate surface area is 132 Å². The van der Waals surface area contributed by atoms with Crippen LogP contribution < -0.4 is 0 Å². The van der Waals surface area contributed by atoms with Crippen molar-refractivity contribution < 1.29 is 14.1 Å². The van der Waals surface area contributed by atoms with Gasteiger partial charge in [0.15, 0.2) is 0 Å². The molecular formula is C17H26N2O3. The third kappa shape index (κ3) is 3.28. The van der Waals surface area contributed by atoms with Crippen molar-refractivity contribution in [3.63, 3.8) is 0 Å². The topological polar surface area (TPSA) is 55.6 Å². The van der Waals surface area contributed by atoms with E-state index in [0.717, 1.165) is 24.3 Å². The molecule has 3 rings (SSSR count). The summed E-state index contributed by atoms with van der Waals surface area (Å²) in [7, 11) is 0. The molecular weight excluding hydrogens is 280 g/mol. The molecule has 0 aromatic carbocycles. The molecule has 0 spiro atoms. The molecule has 1 aliphatic carbocycles. The number of likely N-dealkylation sites (tertiary alicyclic amines) is 1. The predicted octanol–water partition coefficient (Wildman–Crippen LogP) is 3.84. The number of hydrogen-bond acceptors (Lipinski definition) is 4. The Morgan fingerprint density at radius 1 is 1.36 bits per heavy atom. The number of carbonyl (C=O) groups is 1. The van der Waals surface area contributed by atoms with Crippen LogP contribution in [0.5, 0.6) is 0 Å². The van der Waals surface area contributed by atoms with Crippen LogP contribution in [0.3, 0.4) is 0 Å². The molecule has 1 saturated carbocycles. The zero-order valence-corrected chi connectivity index (χ0v) is 14.0. The Morgan fingerprint density at radius 2 is 2.00 bits per heavy atom. The molecule has 5 heteroatoms. The largest absolute Gasteiger partial charge is 0.444 e. The van der Waals surface area contributed by atoms with Crippen molar-refractivity contribution in [2.24, 2.45) is 0 Å². The summed E-state index contributed by atoms with van der Waals surface area (Å²) in [6.07, 6.45) is 4.01. The fourth-order valence-corrected chi connectivity index (χ4v) is 2.90. The maximum Gasteiger partial charge on any atom is 0.410 e. The van der Waals surface area contributed by atoms with Crippen LogP contribution in [0, 0.1) is 0 Å². The number of piperidine rings is 1. The van der Waals surface area contributed by atoms with E-state index in [4.69, 9.17) is 9.26 Å². The van der Waals surface area contributed by atoms with Crippen molar-refractivity contribution in [3.05, 3.63) is 17.5 Å². The van der Waals surface area contributed by atoms with Gasteiger partial charge in [0.1, 0.15) is 11.4 Å². The molecule has 0 atom stereocenters. The summed E-state index contributed by atoms with van der Waals surface area (Å²) >= 11 is 0. The van der Waals surface area contributed by atoms with Crippen molar-refractivity contribution in [2.75, 3.05) is 13.1 Å². The first-order valence-corrected chi connectivity index (χ1v) is 8.22. The number of carbonyl (C=O) groups excluding carboxylic acids is 1. The highest BCUT2D eigenvalue weighted by Crippen LogP contribution is 2.42. The average Bonchev–Trinajstić information content (AvgIpc) is 3.14. The smallest absolute Gasteiger partial charge is 0.410 e. The van der Waals surface area contributed by atoms with E-state index < -0.39 is 5.60 Å². The fraction of sp³-hybridized carbons (Fsp3) is 0.765. The van der Waals surface area contributed by atoms with Gasteiger partial charge in [-0.15, -0.1) is 0 Å². The van der Waals surface area contributed by atoms with E-state index in [-0.39, 0.29) is 11.5 Å². The number of aromatic nitrogens is 1. The van der Waals surface area contributed by atoms with Gasteiger partial charge in [0.05, 0.1) is 5.69 Å². The quantitative estimate of drug-likeness (QED) is 0.833. The second-order valence-corrected chi connectivity index (χ2v) is 7.92. The van der Waals surface area contributed by atoms with E-state index in [1.165, 1.54) is 12.8 Å². The van der Waals surface area contributed by atoms with Crippen molar-refractivity contribution >= 4 is 6.09 Å². The first-order chi connectivity index (χ1) is 10.3. The van der Waals surface area contributed by atoms with Gasteiger partial charge in [0, 0.05) is 30.5 Å². The molecule has 1 aromatic heterocycles. The third-order valence-corrected chi connectivity index (χ3v) is 4.65. The summed E-state index contributed by atoms with van der Waals surface area (Å²) in [5.74, 6) is 1.62. The lowest BCUT2D eigenvalue weighted by Crippen LogP contribution is -2.45. The molecule has 0 N–H and O–H groups in total. The van der Waals surface area contributed by atoms with Gasteiger partial charge >= 0.3 is 6.09 Å². The monoisotopic (exact) mass is 306 g/mol. The van der Waals surface area contributed by atoms with Crippen LogP contribution in [0.25, 0.3) is 0 Å². The minimum atomic E-state index is -0.441. The molecule has 2 fully saturated rings. The van der Waals surface area contributed by atoms with Crippen LogP contribution in [0.1, 0.15) is 70.8 Å². The summed E-state index contributed by atoms with van der Waals surface area (Å²) in [4.78, 5) is 13.9. The standard InChI is InChI=1S/C17H26N2O3/c1-16(2,3)21-15(20)19-9-7-17(4,8-10-19)14-11-13(22-18-14)12-5-6-12/h11-12H,5-10H2,1-4H3. The number of ether oxygens (including phenoxy) is 1. The molecule has 1 aliphatic heterocycles. The highest BCUT2D eigenvalue weighted by Gasteiger charge is 2.38. The minimum absolute atomic E-state index is 0.00481. The zero-order chi connectivity index (χ0) is 16.0. The fourth-order valence-electron chi connectivity index (χ4n) is 2.90. The second kappa shape index (κ2) is 5.28. The molecule has 0 bridgehead atoms. The van der Waals surface area contributed by atoms with Gasteiger partial charge in [-0.25, -0.2) is 4.79 Å². The SMILES string of the molecule is CC(C)(C)OC(=O)N1CCC(C)(c2cc(C3CC3)on2)CC1. The van der Waals surface area contributed by atoms with Gasteiger partial charge < -0.3 is 14.2 Å². The summed E-state index contributed by atoms with van der Waals surface area (Å²) < 4.78 is 10.9. The maximum absolute atomic E-state index is 12.1. The lowest BCUT2D eigenvalue weighted by atomic mass is 9.77. The number of nitrogens with zero attached hydrogens (tertiary/aromatic N) is 2. The van der Waals surface area contributed by atoms with Crippen molar-refractivity contribution in [2.45, 2.75) is 70.3 Å². The molecule has 2 aliphatic rings. The molecule has 2 heterocycles. The Bertz CT molecular complexity index is 546. The Balaban J connectivity index is 1.61. The van der Waals surface area contributed by atoms with Crippen LogP contribution in [-0.4, -0.2) is 34.8 Å². The van der Waals surface area contributed by atoms with Gasteiger partial charge in [-0.2, -0.15) is 0 Å². The van der Waals surface area contributed by atoms with Crippen molar-refractivity contribution in [1.82, 2.24) is 10.1 Å².